The van der Waals surface area contributed by atoms with Gasteiger partial charge in [0.05, 0.1) is 5.25 Å². The van der Waals surface area contributed by atoms with Gasteiger partial charge in [0.2, 0.25) is 5.91 Å². The van der Waals surface area contributed by atoms with Crippen LogP contribution in [0.4, 0.5) is 21.0 Å². The minimum Gasteiger partial charge on any atom is -0.308 e. The molecule has 1 fully saturated rings. The number of anilines is 2. The summed E-state index contributed by atoms with van der Waals surface area (Å²) in [7, 11) is 0. The fourth-order valence-electron chi connectivity index (χ4n) is 3.00. The Labute approximate surface area is 167 Å². The summed E-state index contributed by atoms with van der Waals surface area (Å²) < 4.78 is 0. The number of allylic oxidation sites excluding steroid dienone is 1. The number of urea groups is 1. The molecule has 0 radical (unpaired) electrons. The summed E-state index contributed by atoms with van der Waals surface area (Å²) >= 11 is 0.995. The van der Waals surface area contributed by atoms with E-state index in [2.05, 4.69) is 16.0 Å². The molecule has 0 bridgehead atoms. The van der Waals surface area contributed by atoms with Crippen LogP contribution in [0, 0.1) is 6.92 Å². The van der Waals surface area contributed by atoms with Gasteiger partial charge in [0.25, 0.3) is 5.24 Å². The highest BCUT2D eigenvalue weighted by molar-refractivity contribution is 8.15. The molecule has 0 aliphatic carbocycles. The van der Waals surface area contributed by atoms with Gasteiger partial charge in [0, 0.05) is 16.9 Å². The van der Waals surface area contributed by atoms with Crippen LogP contribution in [0.15, 0.2) is 48.5 Å². The summed E-state index contributed by atoms with van der Waals surface area (Å²) in [5.74, 6) is -0.281. The first-order chi connectivity index (χ1) is 13.5. The third-order valence-corrected chi connectivity index (χ3v) is 5.21. The molecule has 2 aromatic rings. The van der Waals surface area contributed by atoms with Gasteiger partial charge in [-0.15, -0.1) is 0 Å². The number of imide groups is 1. The second-order valence-electron chi connectivity index (χ2n) is 6.41. The zero-order valence-electron chi connectivity index (χ0n) is 15.6. The van der Waals surface area contributed by atoms with Crippen molar-refractivity contribution < 1.29 is 14.4 Å². The quantitative estimate of drug-likeness (QED) is 0.692. The van der Waals surface area contributed by atoms with E-state index in [-0.39, 0.29) is 17.2 Å². The Morgan fingerprint density at radius 3 is 2.64 bits per heavy atom. The van der Waals surface area contributed by atoms with Gasteiger partial charge in [-0.3, -0.25) is 14.9 Å². The third kappa shape index (κ3) is 4.80. The Morgan fingerprint density at radius 1 is 1.18 bits per heavy atom. The molecule has 3 rings (SSSR count). The largest absolute Gasteiger partial charge is 0.323 e. The van der Waals surface area contributed by atoms with E-state index in [1.165, 1.54) is 0 Å². The molecule has 1 saturated heterocycles. The van der Waals surface area contributed by atoms with Crippen molar-refractivity contribution in [1.29, 1.82) is 0 Å². The Hall–Kier alpha value is -3.06. The first-order valence-electron chi connectivity index (χ1n) is 8.87. The van der Waals surface area contributed by atoms with E-state index in [1.807, 2.05) is 68.5 Å². The summed E-state index contributed by atoms with van der Waals surface area (Å²) in [5, 5.41) is 7.21. The lowest BCUT2D eigenvalue weighted by Gasteiger charge is -2.15. The maximum Gasteiger partial charge on any atom is 0.323 e. The molecule has 0 spiro atoms. The monoisotopic (exact) mass is 395 g/mol. The van der Waals surface area contributed by atoms with Crippen molar-refractivity contribution in [3.8, 4) is 0 Å². The van der Waals surface area contributed by atoms with Crippen LogP contribution in [0.2, 0.25) is 0 Å². The van der Waals surface area contributed by atoms with Crippen LogP contribution in [0.25, 0.3) is 6.08 Å². The number of nitrogens with one attached hydrogen (secondary N) is 3. The van der Waals surface area contributed by atoms with Crippen molar-refractivity contribution in [3.63, 3.8) is 0 Å². The summed E-state index contributed by atoms with van der Waals surface area (Å²) in [5.41, 5.74) is 4.09. The second-order valence-corrected chi connectivity index (χ2v) is 7.59. The molecule has 1 heterocycles. The van der Waals surface area contributed by atoms with Crippen molar-refractivity contribution in [2.24, 2.45) is 0 Å². The average molecular weight is 395 g/mol. The molecule has 6 nitrogen and oxygen atoms in total. The Bertz CT molecular complexity index is 956. The Balaban J connectivity index is 1.79. The highest BCUT2D eigenvalue weighted by atomic mass is 32.2. The van der Waals surface area contributed by atoms with Crippen LogP contribution in [0.1, 0.15) is 23.6 Å². The minimum atomic E-state index is -0.465. The third-order valence-electron chi connectivity index (χ3n) is 4.23. The molecule has 144 valence electrons. The average Bonchev–Trinajstić information content (AvgIpc) is 2.95. The van der Waals surface area contributed by atoms with E-state index < -0.39 is 5.25 Å². The number of rotatable bonds is 5. The van der Waals surface area contributed by atoms with Gasteiger partial charge in [0.1, 0.15) is 0 Å². The van der Waals surface area contributed by atoms with Gasteiger partial charge < -0.3 is 10.6 Å². The van der Waals surface area contributed by atoms with Crippen molar-refractivity contribution in [3.05, 3.63) is 65.2 Å². The summed E-state index contributed by atoms with van der Waals surface area (Å²) in [6.07, 6.45) is 4.16. The number of aryl methyl sites for hydroxylation is 1. The molecule has 4 amide bonds. The normalized spacial score (nSPS) is 16.3. The lowest BCUT2D eigenvalue weighted by atomic mass is 10.00. The highest BCUT2D eigenvalue weighted by Gasteiger charge is 2.32. The van der Waals surface area contributed by atoms with Crippen LogP contribution in [0.3, 0.4) is 0 Å². The lowest BCUT2D eigenvalue weighted by molar-refractivity contribution is -0.118. The molecule has 2 aromatic carbocycles. The van der Waals surface area contributed by atoms with Gasteiger partial charge in [-0.05, 0) is 49.6 Å². The smallest absolute Gasteiger partial charge is 0.308 e. The van der Waals surface area contributed by atoms with Crippen LogP contribution in [0.5, 0.6) is 0 Å². The minimum absolute atomic E-state index is 0.281. The van der Waals surface area contributed by atoms with E-state index in [4.69, 9.17) is 0 Å². The standard InChI is InChI=1S/C21H21N3O3S/c1-3-6-16-14(12-18-19(25)24-21(27)28-18)8-5-10-17(16)23-20(26)22-15-9-4-7-13(2)11-15/h3-11,18H,12H2,1-2H3,(H2,22,23,26)(H,24,25,27)/b6-3-. The fourth-order valence-corrected chi connectivity index (χ4v) is 3.85. The number of carbonyl (C=O) groups excluding carboxylic acids is 3. The van der Waals surface area contributed by atoms with Crippen LogP contribution >= 0.6 is 11.8 Å². The predicted molar refractivity (Wildman–Crippen MR) is 114 cm³/mol. The van der Waals surface area contributed by atoms with Crippen LogP contribution in [-0.2, 0) is 11.2 Å². The maximum absolute atomic E-state index is 12.4. The van der Waals surface area contributed by atoms with Crippen molar-refractivity contribution >= 4 is 46.4 Å². The fraction of sp³-hybridized carbons (Fsp3) is 0.190. The van der Waals surface area contributed by atoms with Crippen molar-refractivity contribution in [2.45, 2.75) is 25.5 Å². The molecule has 3 N–H and O–H groups in total. The molecule has 7 heteroatoms. The van der Waals surface area contributed by atoms with Crippen molar-refractivity contribution in [2.75, 3.05) is 10.6 Å². The predicted octanol–water partition coefficient (Wildman–Crippen LogP) is 4.57. The maximum atomic E-state index is 12.4. The lowest BCUT2D eigenvalue weighted by Crippen LogP contribution is -2.25. The van der Waals surface area contributed by atoms with E-state index >= 15 is 0 Å². The molecule has 28 heavy (non-hydrogen) atoms. The van der Waals surface area contributed by atoms with Gasteiger partial charge in [-0.1, -0.05) is 48.2 Å². The highest BCUT2D eigenvalue weighted by Crippen LogP contribution is 2.28. The van der Waals surface area contributed by atoms with Gasteiger partial charge in [-0.2, -0.15) is 0 Å². The zero-order valence-corrected chi connectivity index (χ0v) is 16.4. The first kappa shape index (κ1) is 19.7. The molecule has 1 aliphatic heterocycles. The first-order valence-corrected chi connectivity index (χ1v) is 9.75. The number of amides is 4. The Kier molecular flexibility index (Phi) is 6.16. The number of hydrogen-bond acceptors (Lipinski definition) is 4. The van der Waals surface area contributed by atoms with E-state index in [9.17, 15) is 14.4 Å². The topological polar surface area (TPSA) is 87.3 Å². The second kappa shape index (κ2) is 8.75. The number of carbonyl (C=O) groups is 3. The van der Waals surface area contributed by atoms with Gasteiger partial charge in [0.15, 0.2) is 0 Å². The van der Waals surface area contributed by atoms with Gasteiger partial charge >= 0.3 is 6.03 Å². The van der Waals surface area contributed by atoms with E-state index in [0.29, 0.717) is 17.8 Å². The summed E-state index contributed by atoms with van der Waals surface area (Å²) in [6.45, 7) is 3.84. The number of thioether (sulfide) groups is 1. The number of benzene rings is 2. The molecule has 1 aliphatic rings. The van der Waals surface area contributed by atoms with Crippen molar-refractivity contribution in [1.82, 2.24) is 5.32 Å². The zero-order chi connectivity index (χ0) is 20.1. The van der Waals surface area contributed by atoms with E-state index in [0.717, 1.165) is 28.5 Å². The van der Waals surface area contributed by atoms with E-state index in [1.54, 1.807) is 0 Å². The molecular weight excluding hydrogens is 374 g/mol. The summed E-state index contributed by atoms with van der Waals surface area (Å²) in [6, 6.07) is 12.7. The molecule has 0 saturated carbocycles. The molecule has 1 unspecified atom stereocenters. The number of hydrogen-bond donors (Lipinski definition) is 3. The van der Waals surface area contributed by atoms with Crippen LogP contribution in [-0.4, -0.2) is 22.4 Å². The van der Waals surface area contributed by atoms with Crippen LogP contribution < -0.4 is 16.0 Å². The Morgan fingerprint density at radius 2 is 1.96 bits per heavy atom. The summed E-state index contributed by atoms with van der Waals surface area (Å²) in [4.78, 5) is 35.8. The SMILES string of the molecule is C/C=C\c1c(CC2SC(=O)NC2=O)cccc1NC(=O)Nc1cccc(C)c1. The molecule has 1 atom stereocenters. The molecule has 0 aromatic heterocycles. The molecular formula is C21H21N3O3S. The van der Waals surface area contributed by atoms with Gasteiger partial charge in [-0.25, -0.2) is 4.79 Å².